The summed E-state index contributed by atoms with van der Waals surface area (Å²) in [4.78, 5) is 0. The van der Waals surface area contributed by atoms with E-state index in [1.807, 2.05) is 0 Å². The van der Waals surface area contributed by atoms with E-state index in [1.54, 1.807) is 0 Å². The smallest absolute Gasteiger partial charge is 0.0386 e. The van der Waals surface area contributed by atoms with Gasteiger partial charge < -0.3 is 0 Å². The molecule has 0 aliphatic carbocycles. The van der Waals surface area contributed by atoms with Gasteiger partial charge in [0, 0.05) is 0 Å². The molecule has 0 rings (SSSR count). The van der Waals surface area contributed by atoms with Gasteiger partial charge in [-0.2, -0.15) is 0 Å². The summed E-state index contributed by atoms with van der Waals surface area (Å²) in [6.07, 6.45) is 8.03. The highest BCUT2D eigenvalue weighted by Gasteiger charge is 1.83. The lowest BCUT2D eigenvalue weighted by molar-refractivity contribution is 0.729. The summed E-state index contributed by atoms with van der Waals surface area (Å²) in [5.74, 6) is 0. The van der Waals surface area contributed by atoms with Crippen LogP contribution in [0, 0.1) is 20.3 Å². The molecule has 0 fully saturated rings. The molecule has 0 heteroatoms. The molecule has 0 aliphatic heterocycles. The zero-order chi connectivity index (χ0) is 6.24. The number of rotatable bonds is 5. The average Bonchev–Trinajstić information content (AvgIpc) is 1.81. The van der Waals surface area contributed by atoms with Crippen LogP contribution in [0.5, 0.6) is 0 Å². The lowest BCUT2D eigenvalue weighted by Crippen LogP contribution is -1.75. The average molecular weight is 111 g/mol. The zero-order valence-corrected chi connectivity index (χ0v) is 5.53. The van der Waals surface area contributed by atoms with E-state index < -0.39 is 0 Å². The molecule has 0 aliphatic rings. The van der Waals surface area contributed by atoms with Crippen molar-refractivity contribution in [2.45, 2.75) is 32.1 Å². The van der Waals surface area contributed by atoms with Crippen molar-refractivity contribution in [2.24, 2.45) is 0 Å². The predicted octanol–water partition coefficient (Wildman–Crippen LogP) is 2.81. The van der Waals surface area contributed by atoms with E-state index in [1.165, 1.54) is 19.3 Å². The van der Waals surface area contributed by atoms with Gasteiger partial charge in [0.15, 0.2) is 0 Å². The van der Waals surface area contributed by atoms with Crippen LogP contribution < -0.4 is 0 Å². The Labute approximate surface area is 53.3 Å². The summed E-state index contributed by atoms with van der Waals surface area (Å²) in [7, 11) is 0. The Morgan fingerprint density at radius 3 is 2.38 bits per heavy atom. The summed E-state index contributed by atoms with van der Waals surface area (Å²) < 4.78 is 0. The van der Waals surface area contributed by atoms with Crippen LogP contribution in [-0.2, 0) is 0 Å². The van der Waals surface area contributed by atoms with Crippen LogP contribution in [0.4, 0.5) is 0 Å². The molecule has 0 nitrogen and oxygen atoms in total. The van der Waals surface area contributed by atoms with Gasteiger partial charge >= 0.3 is 0 Å². The van der Waals surface area contributed by atoms with Gasteiger partial charge in [0.05, 0.1) is 0 Å². The van der Waals surface area contributed by atoms with Crippen molar-refractivity contribution in [1.29, 1.82) is 0 Å². The molecule has 0 heterocycles. The monoisotopic (exact) mass is 111 g/mol. The highest BCUT2D eigenvalue weighted by atomic mass is 13.9. The lowest BCUT2D eigenvalue weighted by Gasteiger charge is -1.93. The highest BCUT2D eigenvalue weighted by molar-refractivity contribution is 4.64. The van der Waals surface area contributed by atoms with Crippen LogP contribution in [0.25, 0.3) is 0 Å². The van der Waals surface area contributed by atoms with Gasteiger partial charge in [0.2, 0.25) is 0 Å². The van der Waals surface area contributed by atoms with Crippen LogP contribution in [0.2, 0.25) is 0 Å². The standard InChI is InChI=1S/C8H15/c1-3-5-7-8-6-4-2/h5H,1-4,6-8H2. The van der Waals surface area contributed by atoms with Crippen LogP contribution in [-0.4, -0.2) is 0 Å². The van der Waals surface area contributed by atoms with E-state index in [0.29, 0.717) is 0 Å². The van der Waals surface area contributed by atoms with Crippen molar-refractivity contribution < 1.29 is 0 Å². The minimum atomic E-state index is 0.969. The Kier molecular flexibility index (Phi) is 7.00. The van der Waals surface area contributed by atoms with Crippen molar-refractivity contribution in [1.82, 2.24) is 0 Å². The SMILES string of the molecule is [CH2]C[CH]CCCC[CH2]. The van der Waals surface area contributed by atoms with Gasteiger partial charge in [-0.3, -0.25) is 0 Å². The van der Waals surface area contributed by atoms with E-state index in [2.05, 4.69) is 20.3 Å². The molecule has 47 valence electrons. The van der Waals surface area contributed by atoms with E-state index in [9.17, 15) is 0 Å². The molecular formula is C8H15. The van der Waals surface area contributed by atoms with Gasteiger partial charge in [-0.1, -0.05) is 46.0 Å². The Morgan fingerprint density at radius 1 is 1.12 bits per heavy atom. The van der Waals surface area contributed by atoms with E-state index in [4.69, 9.17) is 0 Å². The van der Waals surface area contributed by atoms with Crippen LogP contribution >= 0.6 is 0 Å². The van der Waals surface area contributed by atoms with E-state index >= 15 is 0 Å². The molecule has 0 aromatic carbocycles. The second-order valence-corrected chi connectivity index (χ2v) is 1.93. The van der Waals surface area contributed by atoms with Crippen molar-refractivity contribution in [3.8, 4) is 0 Å². The van der Waals surface area contributed by atoms with Gasteiger partial charge in [-0.05, 0) is 6.42 Å². The third-order valence-corrected chi connectivity index (χ3v) is 1.11. The second kappa shape index (κ2) is 7.00. The van der Waals surface area contributed by atoms with Gasteiger partial charge in [0.1, 0.15) is 0 Å². The fourth-order valence-corrected chi connectivity index (χ4v) is 0.610. The minimum absolute atomic E-state index is 0.969. The fourth-order valence-electron chi connectivity index (χ4n) is 0.610. The molecule has 0 amide bonds. The summed E-state index contributed by atoms with van der Waals surface area (Å²) in [6, 6.07) is 0. The molecule has 0 bridgehead atoms. The minimum Gasteiger partial charge on any atom is -0.0533 e. The highest BCUT2D eigenvalue weighted by Crippen LogP contribution is 2.01. The molecule has 0 aromatic rings. The quantitative estimate of drug-likeness (QED) is 0.478. The largest absolute Gasteiger partial charge is 0.0533 e. The van der Waals surface area contributed by atoms with Crippen molar-refractivity contribution in [3.05, 3.63) is 20.3 Å². The molecule has 0 aromatic heterocycles. The Balaban J connectivity index is 2.53. The summed E-state index contributed by atoms with van der Waals surface area (Å²) in [5, 5.41) is 0. The maximum atomic E-state index is 3.75. The Morgan fingerprint density at radius 2 is 1.88 bits per heavy atom. The van der Waals surface area contributed by atoms with Crippen molar-refractivity contribution in [3.63, 3.8) is 0 Å². The first-order chi connectivity index (χ1) is 3.91. The van der Waals surface area contributed by atoms with Gasteiger partial charge in [0.25, 0.3) is 0 Å². The van der Waals surface area contributed by atoms with Crippen molar-refractivity contribution >= 4 is 0 Å². The molecule has 0 N–H and O–H groups in total. The number of unbranched alkanes of at least 4 members (excludes halogenated alkanes) is 5. The third kappa shape index (κ3) is 6.00. The Bertz CT molecular complexity index is 25.0. The van der Waals surface area contributed by atoms with E-state index in [-0.39, 0.29) is 0 Å². The number of hydrogen-bond acceptors (Lipinski definition) is 0. The maximum Gasteiger partial charge on any atom is -0.0386 e. The van der Waals surface area contributed by atoms with E-state index in [0.717, 1.165) is 12.8 Å². The molecule has 3 radical (unpaired) electrons. The molecule has 8 heavy (non-hydrogen) atoms. The first-order valence-electron chi connectivity index (χ1n) is 3.32. The van der Waals surface area contributed by atoms with Gasteiger partial charge in [-0.25, -0.2) is 0 Å². The predicted molar refractivity (Wildman–Crippen MR) is 38.1 cm³/mol. The topological polar surface area (TPSA) is 0 Å². The third-order valence-electron chi connectivity index (χ3n) is 1.11. The van der Waals surface area contributed by atoms with Crippen LogP contribution in [0.1, 0.15) is 32.1 Å². The second-order valence-electron chi connectivity index (χ2n) is 1.93. The molecule has 0 unspecified atom stereocenters. The lowest BCUT2D eigenvalue weighted by atomic mass is 10.1. The van der Waals surface area contributed by atoms with Gasteiger partial charge in [-0.15, -0.1) is 0 Å². The molecule has 0 atom stereocenters. The molecular weight excluding hydrogens is 96.1 g/mol. The Hall–Kier alpha value is 0. The van der Waals surface area contributed by atoms with Crippen LogP contribution in [0.3, 0.4) is 0 Å². The van der Waals surface area contributed by atoms with Crippen LogP contribution in [0.15, 0.2) is 0 Å². The number of hydrogen-bond donors (Lipinski definition) is 0. The summed E-state index contributed by atoms with van der Waals surface area (Å²) in [6.45, 7) is 7.47. The first kappa shape index (κ1) is 8.00. The normalized spacial score (nSPS) is 9.75. The van der Waals surface area contributed by atoms with Crippen molar-refractivity contribution in [2.75, 3.05) is 0 Å². The summed E-state index contributed by atoms with van der Waals surface area (Å²) in [5.41, 5.74) is 0. The maximum absolute atomic E-state index is 3.75. The summed E-state index contributed by atoms with van der Waals surface area (Å²) >= 11 is 0. The zero-order valence-electron chi connectivity index (χ0n) is 5.53. The first-order valence-corrected chi connectivity index (χ1v) is 3.32. The fraction of sp³-hybridized carbons (Fsp3) is 0.625. The molecule has 0 saturated carbocycles. The molecule has 0 saturated heterocycles. The molecule has 0 spiro atoms.